The topological polar surface area (TPSA) is 68.0 Å². The average Bonchev–Trinajstić information content (AvgIpc) is 3.37. The Kier molecular flexibility index (Phi) is 6.88. The monoisotopic (exact) mass is 485 g/mol. The number of hydrogen-bond donors (Lipinski definition) is 1. The molecular formula is C24H24ClN3O2S2. The van der Waals surface area contributed by atoms with Gasteiger partial charge in [0.25, 0.3) is 11.1 Å². The van der Waals surface area contributed by atoms with Crippen LogP contribution in [0.5, 0.6) is 0 Å². The van der Waals surface area contributed by atoms with Crippen LogP contribution in [-0.2, 0) is 4.79 Å². The molecule has 8 heteroatoms. The van der Waals surface area contributed by atoms with Crippen LogP contribution in [0.2, 0.25) is 5.02 Å². The molecule has 0 aliphatic carbocycles. The summed E-state index contributed by atoms with van der Waals surface area (Å²) in [5.41, 5.74) is 3.18. The number of halogens is 1. The van der Waals surface area contributed by atoms with Crippen molar-refractivity contribution in [3.63, 3.8) is 0 Å². The molecule has 0 bridgehead atoms. The van der Waals surface area contributed by atoms with Crippen molar-refractivity contribution in [2.24, 2.45) is 0 Å². The number of para-hydroxylation sites is 1. The lowest BCUT2D eigenvalue weighted by atomic mass is 9.92. The highest BCUT2D eigenvalue weighted by Crippen LogP contribution is 2.41. The molecule has 4 rings (SSSR count). The predicted octanol–water partition coefficient (Wildman–Crippen LogP) is 7.58. The number of carbonyl (C=O) groups is 1. The molecule has 0 fully saturated rings. The summed E-state index contributed by atoms with van der Waals surface area (Å²) >= 11 is 9.23. The van der Waals surface area contributed by atoms with Gasteiger partial charge >= 0.3 is 0 Å². The number of aromatic nitrogens is 2. The van der Waals surface area contributed by atoms with Gasteiger partial charge in [0.15, 0.2) is 0 Å². The number of carbonyl (C=O) groups excluding carboxylic acids is 1. The van der Waals surface area contributed by atoms with E-state index in [1.54, 1.807) is 0 Å². The second-order valence-corrected chi connectivity index (χ2v) is 10.4. The summed E-state index contributed by atoms with van der Waals surface area (Å²) in [6.07, 6.45) is 0. The molecule has 0 radical (unpaired) electrons. The highest BCUT2D eigenvalue weighted by Gasteiger charge is 2.19. The van der Waals surface area contributed by atoms with Crippen LogP contribution < -0.4 is 5.32 Å². The number of benzene rings is 2. The van der Waals surface area contributed by atoms with Crippen LogP contribution in [0.25, 0.3) is 20.9 Å². The molecule has 0 unspecified atom stereocenters. The van der Waals surface area contributed by atoms with Gasteiger partial charge in [-0.1, -0.05) is 87.5 Å². The number of nitrogens with zero attached hydrogens (tertiary/aromatic N) is 2. The van der Waals surface area contributed by atoms with Gasteiger partial charge in [0.1, 0.15) is 4.88 Å². The number of thioether (sulfide) groups is 1. The number of nitrogens with one attached hydrogen (secondary N) is 1. The van der Waals surface area contributed by atoms with Crippen LogP contribution in [-0.4, -0.2) is 21.9 Å². The molecule has 0 saturated carbocycles. The van der Waals surface area contributed by atoms with Gasteiger partial charge in [0.2, 0.25) is 5.91 Å². The normalized spacial score (nSPS) is 11.6. The summed E-state index contributed by atoms with van der Waals surface area (Å²) in [5.74, 6) is 1.05. The summed E-state index contributed by atoms with van der Waals surface area (Å²) in [4.78, 5) is 13.5. The fraction of sp³-hybridized carbons (Fsp3) is 0.292. The maximum atomic E-state index is 12.7. The Morgan fingerprint density at radius 1 is 1.06 bits per heavy atom. The molecule has 0 atom stereocenters. The quantitative estimate of drug-likeness (QED) is 0.273. The Hall–Kier alpha value is -2.35. The van der Waals surface area contributed by atoms with E-state index in [0.717, 1.165) is 31.8 Å². The number of hydrogen-bond acceptors (Lipinski definition) is 6. The molecule has 2 aromatic heterocycles. The van der Waals surface area contributed by atoms with Gasteiger partial charge in [-0.15, -0.1) is 21.5 Å². The van der Waals surface area contributed by atoms with Gasteiger partial charge in [-0.3, -0.25) is 4.79 Å². The molecule has 0 spiro atoms. The molecule has 0 aliphatic rings. The van der Waals surface area contributed by atoms with Crippen LogP contribution >= 0.6 is 34.7 Å². The van der Waals surface area contributed by atoms with E-state index in [9.17, 15) is 4.79 Å². The van der Waals surface area contributed by atoms with E-state index in [4.69, 9.17) is 16.0 Å². The maximum absolute atomic E-state index is 12.7. The summed E-state index contributed by atoms with van der Waals surface area (Å²) in [6.45, 7) is 8.51. The number of thiophene rings is 1. The van der Waals surface area contributed by atoms with Gasteiger partial charge in [-0.2, -0.15) is 0 Å². The third-order valence-electron chi connectivity index (χ3n) is 5.10. The van der Waals surface area contributed by atoms with Crippen LogP contribution in [0.3, 0.4) is 0 Å². The Morgan fingerprint density at radius 3 is 2.41 bits per heavy atom. The van der Waals surface area contributed by atoms with Crippen molar-refractivity contribution in [1.82, 2.24) is 10.2 Å². The number of rotatable bonds is 7. The lowest BCUT2D eigenvalue weighted by Gasteiger charge is -2.20. The molecule has 0 saturated heterocycles. The molecule has 32 heavy (non-hydrogen) atoms. The minimum Gasteiger partial charge on any atom is -0.410 e. The largest absolute Gasteiger partial charge is 0.410 e. The standard InChI is InChI=1S/C24H24ClN3O2S2/c1-13(2)15-9-7-10-16(14(3)4)21(15)26-19(29)12-31-24-28-27-23(30-24)22-20(25)17-8-5-6-11-18(17)32-22/h5-11,13-14H,12H2,1-4H3,(H,26,29). The van der Waals surface area contributed by atoms with E-state index in [1.165, 1.54) is 23.1 Å². The highest BCUT2D eigenvalue weighted by molar-refractivity contribution is 7.99. The second kappa shape index (κ2) is 9.65. The lowest BCUT2D eigenvalue weighted by Crippen LogP contribution is -2.17. The van der Waals surface area contributed by atoms with Crippen molar-refractivity contribution in [3.8, 4) is 10.8 Å². The lowest BCUT2D eigenvalue weighted by molar-refractivity contribution is -0.113. The van der Waals surface area contributed by atoms with E-state index >= 15 is 0 Å². The molecule has 166 valence electrons. The first-order chi connectivity index (χ1) is 15.3. The van der Waals surface area contributed by atoms with E-state index in [2.05, 4.69) is 55.3 Å². The van der Waals surface area contributed by atoms with Crippen molar-refractivity contribution in [2.75, 3.05) is 11.1 Å². The van der Waals surface area contributed by atoms with Crippen molar-refractivity contribution < 1.29 is 9.21 Å². The van der Waals surface area contributed by atoms with Gasteiger partial charge in [-0.25, -0.2) is 0 Å². The molecule has 2 aromatic carbocycles. The fourth-order valence-electron chi connectivity index (χ4n) is 3.51. The van der Waals surface area contributed by atoms with Gasteiger partial charge in [-0.05, 0) is 29.0 Å². The first-order valence-electron chi connectivity index (χ1n) is 10.4. The molecule has 5 nitrogen and oxygen atoms in total. The Balaban J connectivity index is 1.47. The van der Waals surface area contributed by atoms with Gasteiger partial charge in [0, 0.05) is 15.8 Å². The molecule has 1 N–H and O–H groups in total. The summed E-state index contributed by atoms with van der Waals surface area (Å²) < 4.78 is 6.85. The SMILES string of the molecule is CC(C)c1cccc(C(C)C)c1NC(=O)CSc1nnc(-c2sc3ccccc3c2Cl)o1. The summed E-state index contributed by atoms with van der Waals surface area (Å²) in [5, 5.41) is 13.2. The summed E-state index contributed by atoms with van der Waals surface area (Å²) in [7, 11) is 0. The second-order valence-electron chi connectivity index (χ2n) is 8.07. The molecule has 2 heterocycles. The van der Waals surface area contributed by atoms with E-state index in [0.29, 0.717) is 28.0 Å². The zero-order valence-corrected chi connectivity index (χ0v) is 20.7. The van der Waals surface area contributed by atoms with Gasteiger partial charge < -0.3 is 9.73 Å². The first-order valence-corrected chi connectivity index (χ1v) is 12.6. The van der Waals surface area contributed by atoms with E-state index in [1.807, 2.05) is 30.3 Å². The smallest absolute Gasteiger partial charge is 0.277 e. The van der Waals surface area contributed by atoms with Crippen molar-refractivity contribution in [2.45, 2.75) is 44.8 Å². The van der Waals surface area contributed by atoms with Crippen LogP contribution in [0.4, 0.5) is 5.69 Å². The Labute approximate surface area is 200 Å². The average molecular weight is 486 g/mol. The number of anilines is 1. The Bertz CT molecular complexity index is 1240. The third kappa shape index (κ3) is 4.70. The minimum absolute atomic E-state index is 0.107. The molecular weight excluding hydrogens is 462 g/mol. The summed E-state index contributed by atoms with van der Waals surface area (Å²) in [6, 6.07) is 14.1. The van der Waals surface area contributed by atoms with E-state index < -0.39 is 0 Å². The minimum atomic E-state index is -0.107. The maximum Gasteiger partial charge on any atom is 0.277 e. The van der Waals surface area contributed by atoms with Crippen molar-refractivity contribution in [3.05, 3.63) is 58.6 Å². The fourth-order valence-corrected chi connectivity index (χ4v) is 5.51. The third-order valence-corrected chi connectivity index (χ3v) is 7.58. The number of amides is 1. The van der Waals surface area contributed by atoms with E-state index in [-0.39, 0.29) is 11.7 Å². The number of fused-ring (bicyclic) bond motifs is 1. The molecule has 1 amide bonds. The van der Waals surface area contributed by atoms with Crippen LogP contribution in [0.15, 0.2) is 52.1 Å². The zero-order chi connectivity index (χ0) is 22.8. The highest BCUT2D eigenvalue weighted by atomic mass is 35.5. The zero-order valence-electron chi connectivity index (χ0n) is 18.3. The van der Waals surface area contributed by atoms with Crippen molar-refractivity contribution >= 4 is 56.4 Å². The Morgan fingerprint density at radius 2 is 1.75 bits per heavy atom. The van der Waals surface area contributed by atoms with Crippen LogP contribution in [0, 0.1) is 0 Å². The first kappa shape index (κ1) is 22.8. The van der Waals surface area contributed by atoms with Gasteiger partial charge in [0.05, 0.1) is 10.8 Å². The molecule has 4 aromatic rings. The van der Waals surface area contributed by atoms with Crippen molar-refractivity contribution in [1.29, 1.82) is 0 Å². The van der Waals surface area contributed by atoms with Crippen LogP contribution in [0.1, 0.15) is 50.7 Å². The molecule has 0 aliphatic heterocycles. The predicted molar refractivity (Wildman–Crippen MR) is 134 cm³/mol.